The van der Waals surface area contributed by atoms with Crippen LogP contribution in [0.4, 0.5) is 10.5 Å². The number of aromatic nitrogens is 2. The van der Waals surface area contributed by atoms with E-state index >= 15 is 0 Å². The van der Waals surface area contributed by atoms with Gasteiger partial charge >= 0.3 is 12.1 Å². The predicted octanol–water partition coefficient (Wildman–Crippen LogP) is 2.59. The molecule has 1 fully saturated rings. The van der Waals surface area contributed by atoms with Crippen LogP contribution in [0.2, 0.25) is 5.15 Å². The summed E-state index contributed by atoms with van der Waals surface area (Å²) in [6.07, 6.45) is 0.551. The number of methoxy groups -OCH3 is 1. The number of hydrogen-bond acceptors (Lipinski definition) is 7. The second-order valence-electron chi connectivity index (χ2n) is 6.89. The van der Waals surface area contributed by atoms with Crippen molar-refractivity contribution in [1.82, 2.24) is 15.1 Å². The van der Waals surface area contributed by atoms with Gasteiger partial charge < -0.3 is 19.7 Å². The fourth-order valence-electron chi connectivity index (χ4n) is 2.39. The van der Waals surface area contributed by atoms with Crippen LogP contribution in [0.15, 0.2) is 6.07 Å². The molecule has 9 heteroatoms. The Labute approximate surface area is 151 Å². The highest BCUT2D eigenvalue weighted by atomic mass is 35.5. The van der Waals surface area contributed by atoms with Crippen molar-refractivity contribution in [2.24, 2.45) is 5.92 Å². The molecule has 1 aliphatic rings. The van der Waals surface area contributed by atoms with Crippen molar-refractivity contribution in [3.05, 3.63) is 16.9 Å². The first-order valence-corrected chi connectivity index (χ1v) is 8.40. The maximum absolute atomic E-state index is 11.9. The van der Waals surface area contributed by atoms with Gasteiger partial charge in [0.1, 0.15) is 5.60 Å². The van der Waals surface area contributed by atoms with Crippen LogP contribution in [0.25, 0.3) is 0 Å². The summed E-state index contributed by atoms with van der Waals surface area (Å²) in [7, 11) is 1.28. The zero-order chi connectivity index (χ0) is 18.6. The number of nitrogens with one attached hydrogen (secondary N) is 1. The van der Waals surface area contributed by atoms with E-state index < -0.39 is 11.6 Å². The minimum absolute atomic E-state index is 0.0934. The van der Waals surface area contributed by atoms with Gasteiger partial charge in [-0.25, -0.2) is 9.59 Å². The molecule has 25 heavy (non-hydrogen) atoms. The van der Waals surface area contributed by atoms with Crippen LogP contribution in [0.3, 0.4) is 0 Å². The highest BCUT2D eigenvalue weighted by Crippen LogP contribution is 2.23. The Bertz CT molecular complexity index is 642. The van der Waals surface area contributed by atoms with E-state index in [1.165, 1.54) is 13.2 Å². The lowest BCUT2D eigenvalue weighted by molar-refractivity contribution is -0.00162. The molecule has 0 bridgehead atoms. The molecule has 1 saturated heterocycles. The van der Waals surface area contributed by atoms with Crippen LogP contribution >= 0.6 is 11.6 Å². The van der Waals surface area contributed by atoms with Gasteiger partial charge in [0.25, 0.3) is 0 Å². The lowest BCUT2D eigenvalue weighted by Gasteiger charge is -2.39. The number of carbonyl (C=O) groups is 2. The van der Waals surface area contributed by atoms with E-state index in [9.17, 15) is 9.59 Å². The van der Waals surface area contributed by atoms with Crippen LogP contribution in [0.5, 0.6) is 0 Å². The molecule has 0 unspecified atom stereocenters. The van der Waals surface area contributed by atoms with Crippen LogP contribution in [0.1, 0.15) is 37.7 Å². The van der Waals surface area contributed by atoms with Crippen molar-refractivity contribution in [3.63, 3.8) is 0 Å². The number of hydrogen-bond donors (Lipinski definition) is 1. The summed E-state index contributed by atoms with van der Waals surface area (Å²) in [5.41, 5.74) is 0.0906. The number of ether oxygens (including phenoxy) is 2. The second-order valence-corrected chi connectivity index (χ2v) is 7.27. The Morgan fingerprint density at radius 1 is 1.36 bits per heavy atom. The summed E-state index contributed by atoms with van der Waals surface area (Å²) in [4.78, 5) is 25.2. The average Bonchev–Trinajstić information content (AvgIpc) is 2.47. The molecule has 138 valence electrons. The summed E-state index contributed by atoms with van der Waals surface area (Å²) in [6.45, 7) is 7.47. The summed E-state index contributed by atoms with van der Waals surface area (Å²) in [5.74, 6) is -0.196. The van der Waals surface area contributed by atoms with E-state index in [4.69, 9.17) is 16.3 Å². The molecule has 2 heterocycles. The molecule has 1 aromatic rings. The summed E-state index contributed by atoms with van der Waals surface area (Å²) < 4.78 is 10.00. The van der Waals surface area contributed by atoms with Gasteiger partial charge in [0, 0.05) is 25.7 Å². The molecular formula is C16H23ClN4O4. The summed E-state index contributed by atoms with van der Waals surface area (Å²) in [6, 6.07) is 1.54. The lowest BCUT2D eigenvalue weighted by Crippen LogP contribution is -2.51. The molecule has 2 rings (SSSR count). The molecule has 1 N–H and O–H groups in total. The summed E-state index contributed by atoms with van der Waals surface area (Å²) >= 11 is 5.83. The van der Waals surface area contributed by atoms with Gasteiger partial charge in [-0.1, -0.05) is 11.6 Å². The highest BCUT2D eigenvalue weighted by Gasteiger charge is 2.33. The third-order valence-corrected chi connectivity index (χ3v) is 3.80. The standard InChI is InChI=1S/C16H23ClN4O4/c1-16(2,3)25-15(23)21-8-10(9-21)5-6-18-11-7-12(17)19-20-13(11)14(22)24-4/h7,10H,5-6,8-9H2,1-4H3,(H,18,19). The first-order valence-electron chi connectivity index (χ1n) is 8.03. The molecule has 8 nitrogen and oxygen atoms in total. The van der Waals surface area contributed by atoms with Crippen molar-refractivity contribution >= 4 is 29.4 Å². The maximum atomic E-state index is 11.9. The second kappa shape index (κ2) is 7.86. The fourth-order valence-corrected chi connectivity index (χ4v) is 2.54. The zero-order valence-corrected chi connectivity index (χ0v) is 15.6. The number of nitrogens with zero attached hydrogens (tertiary/aromatic N) is 3. The molecule has 0 atom stereocenters. The molecule has 0 aliphatic carbocycles. The molecule has 1 aromatic heterocycles. The van der Waals surface area contributed by atoms with Crippen molar-refractivity contribution in [2.45, 2.75) is 32.8 Å². The van der Waals surface area contributed by atoms with Gasteiger partial charge in [0.15, 0.2) is 10.8 Å². The Hall–Kier alpha value is -2.09. The van der Waals surface area contributed by atoms with Crippen molar-refractivity contribution < 1.29 is 19.1 Å². The predicted molar refractivity (Wildman–Crippen MR) is 92.8 cm³/mol. The maximum Gasteiger partial charge on any atom is 0.410 e. The monoisotopic (exact) mass is 370 g/mol. The minimum atomic E-state index is -0.577. The van der Waals surface area contributed by atoms with E-state index in [0.29, 0.717) is 31.2 Å². The number of amides is 1. The number of rotatable bonds is 5. The largest absolute Gasteiger partial charge is 0.464 e. The first kappa shape index (κ1) is 19.2. The number of carbonyl (C=O) groups excluding carboxylic acids is 2. The molecule has 0 radical (unpaired) electrons. The van der Waals surface area contributed by atoms with Gasteiger partial charge in [-0.2, -0.15) is 0 Å². The van der Waals surface area contributed by atoms with Gasteiger partial charge in [-0.3, -0.25) is 0 Å². The number of likely N-dealkylation sites (tertiary alicyclic amines) is 1. The number of anilines is 1. The topological polar surface area (TPSA) is 93.6 Å². The van der Waals surface area contributed by atoms with E-state index in [1.54, 1.807) is 4.90 Å². The number of esters is 1. The van der Waals surface area contributed by atoms with Gasteiger partial charge in [-0.15, -0.1) is 10.2 Å². The average molecular weight is 371 g/mol. The smallest absolute Gasteiger partial charge is 0.410 e. The van der Waals surface area contributed by atoms with Crippen LogP contribution in [-0.2, 0) is 9.47 Å². The van der Waals surface area contributed by atoms with Gasteiger partial charge in [0.05, 0.1) is 12.8 Å². The van der Waals surface area contributed by atoms with E-state index in [-0.39, 0.29) is 16.9 Å². The van der Waals surface area contributed by atoms with E-state index in [1.807, 2.05) is 20.8 Å². The third kappa shape index (κ3) is 5.45. The molecule has 1 amide bonds. The molecule has 1 aliphatic heterocycles. The quantitative estimate of drug-likeness (QED) is 0.796. The molecule has 0 spiro atoms. The highest BCUT2D eigenvalue weighted by molar-refractivity contribution is 6.29. The van der Waals surface area contributed by atoms with Crippen LogP contribution in [0, 0.1) is 5.92 Å². The van der Waals surface area contributed by atoms with E-state index in [2.05, 4.69) is 20.3 Å². The fraction of sp³-hybridized carbons (Fsp3) is 0.625. The SMILES string of the molecule is COC(=O)c1nnc(Cl)cc1NCCC1CN(C(=O)OC(C)(C)C)C1. The first-order chi connectivity index (χ1) is 11.7. The minimum Gasteiger partial charge on any atom is -0.464 e. The van der Waals surface area contributed by atoms with Gasteiger partial charge in [0.2, 0.25) is 0 Å². The Kier molecular flexibility index (Phi) is 6.05. The number of halogens is 1. The Balaban J connectivity index is 1.79. The Morgan fingerprint density at radius 3 is 2.64 bits per heavy atom. The van der Waals surface area contributed by atoms with Crippen LogP contribution in [-0.4, -0.2) is 59.5 Å². The van der Waals surface area contributed by atoms with Crippen molar-refractivity contribution in [3.8, 4) is 0 Å². The molecule has 0 saturated carbocycles. The molecular weight excluding hydrogens is 348 g/mol. The third-order valence-electron chi connectivity index (χ3n) is 3.62. The summed E-state index contributed by atoms with van der Waals surface area (Å²) in [5, 5.41) is 10.7. The molecule has 0 aromatic carbocycles. The van der Waals surface area contributed by atoms with Gasteiger partial charge in [-0.05, 0) is 33.1 Å². The normalized spacial score (nSPS) is 14.7. The van der Waals surface area contributed by atoms with Crippen molar-refractivity contribution in [2.75, 3.05) is 32.1 Å². The van der Waals surface area contributed by atoms with E-state index in [0.717, 1.165) is 6.42 Å². The van der Waals surface area contributed by atoms with Crippen LogP contribution < -0.4 is 5.32 Å². The lowest BCUT2D eigenvalue weighted by atomic mass is 9.97. The Morgan fingerprint density at radius 2 is 2.04 bits per heavy atom. The zero-order valence-electron chi connectivity index (χ0n) is 14.8. The van der Waals surface area contributed by atoms with Crippen molar-refractivity contribution in [1.29, 1.82) is 0 Å².